The Balaban J connectivity index is -0.000000328. The van der Waals surface area contributed by atoms with Gasteiger partial charge in [-0.1, -0.05) is 48.5 Å². The van der Waals surface area contributed by atoms with E-state index in [9.17, 15) is 4.79 Å². The number of piperidine rings is 1. The molecule has 0 aliphatic carbocycles. The Kier molecular flexibility index (Phi) is 23.6. The lowest BCUT2D eigenvalue weighted by atomic mass is 9.99. The van der Waals surface area contributed by atoms with Crippen molar-refractivity contribution in [2.75, 3.05) is 26.8 Å². The van der Waals surface area contributed by atoms with Gasteiger partial charge in [-0.25, -0.2) is 0 Å². The van der Waals surface area contributed by atoms with Crippen LogP contribution in [0.4, 0.5) is 0 Å². The molecule has 0 radical (unpaired) electrons. The van der Waals surface area contributed by atoms with Gasteiger partial charge in [0.1, 0.15) is 6.61 Å². The van der Waals surface area contributed by atoms with E-state index in [0.29, 0.717) is 0 Å². The smallest absolute Gasteiger partial charge is 0.248 e. The van der Waals surface area contributed by atoms with Gasteiger partial charge in [0.15, 0.2) is 0 Å². The third kappa shape index (κ3) is 11.9. The Morgan fingerprint density at radius 2 is 1.44 bits per heavy atom. The topological polar surface area (TPSA) is 29.5 Å². The number of hydrogen-bond donors (Lipinski definition) is 0. The van der Waals surface area contributed by atoms with Gasteiger partial charge in [0.05, 0.1) is 0 Å². The van der Waals surface area contributed by atoms with Crippen molar-refractivity contribution in [3.8, 4) is 0 Å². The van der Waals surface area contributed by atoms with Crippen molar-refractivity contribution >= 4 is 5.91 Å². The van der Waals surface area contributed by atoms with Crippen molar-refractivity contribution in [3.05, 3.63) is 0 Å². The quantitative estimate of drug-likeness (QED) is 0.752. The number of carbonyl (C=O) groups is 1. The number of rotatable bonds is 2. The standard InChI is InChI=1S/C9H17NO2.3C2H6/c1-8-3-5-10(6-4-8)9(11)7-12-2;3*1-2/h8H,3-7H2,1-2H3;3*1-2H3. The van der Waals surface area contributed by atoms with Crippen LogP contribution in [-0.4, -0.2) is 37.6 Å². The van der Waals surface area contributed by atoms with Crippen molar-refractivity contribution in [2.24, 2.45) is 5.92 Å². The van der Waals surface area contributed by atoms with Gasteiger partial charge in [-0.3, -0.25) is 4.79 Å². The number of ether oxygens (including phenoxy) is 1. The number of methoxy groups -OCH3 is 1. The van der Waals surface area contributed by atoms with E-state index in [1.54, 1.807) is 7.11 Å². The van der Waals surface area contributed by atoms with Crippen LogP contribution in [-0.2, 0) is 9.53 Å². The zero-order valence-corrected chi connectivity index (χ0v) is 13.9. The Bertz CT molecular complexity index is 153. The maximum absolute atomic E-state index is 11.3. The first-order chi connectivity index (χ1) is 8.74. The highest BCUT2D eigenvalue weighted by molar-refractivity contribution is 5.77. The van der Waals surface area contributed by atoms with Gasteiger partial charge < -0.3 is 9.64 Å². The molecule has 1 fully saturated rings. The molecule has 1 aliphatic heterocycles. The molecule has 0 unspecified atom stereocenters. The fourth-order valence-electron chi connectivity index (χ4n) is 1.47. The van der Waals surface area contributed by atoms with Crippen LogP contribution in [0, 0.1) is 5.92 Å². The monoisotopic (exact) mass is 261 g/mol. The summed E-state index contributed by atoms with van der Waals surface area (Å²) in [6.45, 7) is 16.3. The van der Waals surface area contributed by atoms with Crippen molar-refractivity contribution in [3.63, 3.8) is 0 Å². The second kappa shape index (κ2) is 18.8. The van der Waals surface area contributed by atoms with Crippen molar-refractivity contribution in [1.82, 2.24) is 4.90 Å². The molecule has 3 nitrogen and oxygen atoms in total. The zero-order chi connectivity index (χ0) is 15.0. The minimum Gasteiger partial charge on any atom is -0.375 e. The molecule has 1 amide bonds. The number of carbonyl (C=O) groups excluding carboxylic acids is 1. The van der Waals surface area contributed by atoms with Crippen LogP contribution < -0.4 is 0 Å². The van der Waals surface area contributed by atoms with Crippen molar-refractivity contribution < 1.29 is 9.53 Å². The van der Waals surface area contributed by atoms with E-state index < -0.39 is 0 Å². The van der Waals surface area contributed by atoms with Crippen LogP contribution in [0.1, 0.15) is 61.3 Å². The van der Waals surface area contributed by atoms with Gasteiger partial charge in [0, 0.05) is 20.2 Å². The average Bonchev–Trinajstić information content (AvgIpc) is 2.46. The predicted molar refractivity (Wildman–Crippen MR) is 80.9 cm³/mol. The maximum atomic E-state index is 11.3. The molecule has 0 aromatic rings. The molecule has 0 N–H and O–H groups in total. The Morgan fingerprint density at radius 3 is 1.78 bits per heavy atom. The summed E-state index contributed by atoms with van der Waals surface area (Å²) in [4.78, 5) is 13.2. The van der Waals surface area contributed by atoms with Gasteiger partial charge in [0.2, 0.25) is 5.91 Å². The number of likely N-dealkylation sites (tertiary alicyclic amines) is 1. The third-order valence-corrected chi connectivity index (χ3v) is 2.40. The molecule has 1 aliphatic rings. The average molecular weight is 261 g/mol. The lowest BCUT2D eigenvalue weighted by Crippen LogP contribution is -2.39. The van der Waals surface area contributed by atoms with Gasteiger partial charge >= 0.3 is 0 Å². The summed E-state index contributed by atoms with van der Waals surface area (Å²) >= 11 is 0. The van der Waals surface area contributed by atoms with E-state index in [1.165, 1.54) is 0 Å². The summed E-state index contributed by atoms with van der Waals surface area (Å²) in [7, 11) is 1.56. The van der Waals surface area contributed by atoms with E-state index in [0.717, 1.165) is 31.8 Å². The van der Waals surface area contributed by atoms with E-state index in [-0.39, 0.29) is 12.5 Å². The summed E-state index contributed by atoms with van der Waals surface area (Å²) in [6.07, 6.45) is 2.27. The lowest BCUT2D eigenvalue weighted by molar-refractivity contribution is -0.136. The number of hydrogen-bond acceptors (Lipinski definition) is 2. The van der Waals surface area contributed by atoms with Crippen LogP contribution in [0.2, 0.25) is 0 Å². The molecule has 112 valence electrons. The Hall–Kier alpha value is -0.570. The Morgan fingerprint density at radius 1 is 1.06 bits per heavy atom. The van der Waals surface area contributed by atoms with Crippen molar-refractivity contribution in [2.45, 2.75) is 61.3 Å². The van der Waals surface area contributed by atoms with E-state index in [1.807, 2.05) is 46.4 Å². The zero-order valence-electron chi connectivity index (χ0n) is 13.9. The molecule has 0 atom stereocenters. The fraction of sp³-hybridized carbons (Fsp3) is 0.933. The number of nitrogens with zero attached hydrogens (tertiary/aromatic N) is 1. The van der Waals surface area contributed by atoms with Crippen LogP contribution in [0.5, 0.6) is 0 Å². The lowest BCUT2D eigenvalue weighted by Gasteiger charge is -2.30. The minimum atomic E-state index is 0.129. The fourth-order valence-corrected chi connectivity index (χ4v) is 1.47. The Labute approximate surface area is 115 Å². The minimum absolute atomic E-state index is 0.129. The molecule has 18 heavy (non-hydrogen) atoms. The maximum Gasteiger partial charge on any atom is 0.248 e. The van der Waals surface area contributed by atoms with Crippen LogP contribution in [0.3, 0.4) is 0 Å². The second-order valence-electron chi connectivity index (χ2n) is 3.50. The predicted octanol–water partition coefficient (Wildman–Crippen LogP) is 3.97. The van der Waals surface area contributed by atoms with E-state index in [2.05, 4.69) is 6.92 Å². The van der Waals surface area contributed by atoms with Crippen LogP contribution in [0.25, 0.3) is 0 Å². The first kappa shape index (κ1) is 22.6. The molecular weight excluding hydrogens is 226 g/mol. The third-order valence-electron chi connectivity index (χ3n) is 2.40. The highest BCUT2D eigenvalue weighted by Gasteiger charge is 2.19. The second-order valence-corrected chi connectivity index (χ2v) is 3.50. The number of amides is 1. The SMILES string of the molecule is CC.CC.CC.COCC(=O)N1CCC(C)CC1. The molecule has 0 spiro atoms. The molecule has 0 aromatic heterocycles. The largest absolute Gasteiger partial charge is 0.375 e. The van der Waals surface area contributed by atoms with Gasteiger partial charge in [0.25, 0.3) is 0 Å². The summed E-state index contributed by atoms with van der Waals surface area (Å²) in [5.74, 6) is 0.904. The van der Waals surface area contributed by atoms with E-state index in [4.69, 9.17) is 4.74 Å². The molecule has 0 saturated carbocycles. The normalized spacial score (nSPS) is 14.1. The summed E-state index contributed by atoms with van der Waals surface area (Å²) in [6, 6.07) is 0. The van der Waals surface area contributed by atoms with Crippen molar-refractivity contribution in [1.29, 1.82) is 0 Å². The molecule has 3 heteroatoms. The molecule has 1 saturated heterocycles. The molecule has 0 aromatic carbocycles. The van der Waals surface area contributed by atoms with Crippen LogP contribution in [0.15, 0.2) is 0 Å². The molecule has 0 bridgehead atoms. The molecule has 1 heterocycles. The summed E-state index contributed by atoms with van der Waals surface area (Å²) in [5.41, 5.74) is 0. The van der Waals surface area contributed by atoms with Gasteiger partial charge in [-0.2, -0.15) is 0 Å². The molecular formula is C15H35NO2. The van der Waals surface area contributed by atoms with Gasteiger partial charge in [-0.15, -0.1) is 0 Å². The first-order valence-electron chi connectivity index (χ1n) is 7.50. The summed E-state index contributed by atoms with van der Waals surface area (Å²) in [5, 5.41) is 0. The summed E-state index contributed by atoms with van der Waals surface area (Å²) < 4.78 is 4.79. The first-order valence-corrected chi connectivity index (χ1v) is 7.50. The van der Waals surface area contributed by atoms with E-state index >= 15 is 0 Å². The highest BCUT2D eigenvalue weighted by Crippen LogP contribution is 2.15. The highest BCUT2D eigenvalue weighted by atomic mass is 16.5. The van der Waals surface area contributed by atoms with Crippen LogP contribution >= 0.6 is 0 Å². The van der Waals surface area contributed by atoms with Gasteiger partial charge in [-0.05, 0) is 18.8 Å². The molecule has 1 rings (SSSR count).